The van der Waals surface area contributed by atoms with E-state index in [9.17, 15) is 9.18 Å². The molecule has 0 atom stereocenters. The third-order valence-corrected chi connectivity index (χ3v) is 2.03. The smallest absolute Gasteiger partial charge is 0.408 e. The summed E-state index contributed by atoms with van der Waals surface area (Å²) >= 11 is 0. The van der Waals surface area contributed by atoms with Crippen LogP contribution in [0.1, 0.15) is 34.6 Å². The summed E-state index contributed by atoms with van der Waals surface area (Å²) in [5.74, 6) is 5.12. The number of carbonyl (C=O) groups excluding carboxylic acids is 1. The first kappa shape index (κ1) is 18.0. The summed E-state index contributed by atoms with van der Waals surface area (Å²) in [5.41, 5.74) is 0.840. The number of ether oxygens (including phenoxy) is 1. The first-order chi connectivity index (χ1) is 9.15. The first-order valence-corrected chi connectivity index (χ1v) is 6.31. The number of halogens is 1. The van der Waals surface area contributed by atoms with Gasteiger partial charge in [0.25, 0.3) is 0 Å². The number of allylic oxidation sites excluding steroid dienone is 5. The highest BCUT2D eigenvalue weighted by molar-refractivity contribution is 5.68. The molecule has 4 heteroatoms. The van der Waals surface area contributed by atoms with Crippen molar-refractivity contribution in [1.29, 1.82) is 0 Å². The van der Waals surface area contributed by atoms with E-state index in [1.807, 2.05) is 6.92 Å². The van der Waals surface area contributed by atoms with Crippen molar-refractivity contribution in [2.24, 2.45) is 0 Å². The van der Waals surface area contributed by atoms with Crippen molar-refractivity contribution in [3.8, 4) is 11.8 Å². The van der Waals surface area contributed by atoms with Crippen LogP contribution in [-0.2, 0) is 4.74 Å². The van der Waals surface area contributed by atoms with Gasteiger partial charge in [-0.2, -0.15) is 0 Å². The van der Waals surface area contributed by atoms with Gasteiger partial charge in [-0.05, 0) is 46.3 Å². The Hall–Kier alpha value is -2.02. The summed E-state index contributed by atoms with van der Waals surface area (Å²) in [6, 6.07) is 0. The van der Waals surface area contributed by atoms with E-state index in [0.29, 0.717) is 11.1 Å². The molecule has 0 aliphatic heterocycles. The first-order valence-electron chi connectivity index (χ1n) is 6.31. The van der Waals surface area contributed by atoms with Crippen LogP contribution >= 0.6 is 0 Å². The van der Waals surface area contributed by atoms with Crippen LogP contribution in [0, 0.1) is 11.8 Å². The molecule has 0 saturated heterocycles. The molecule has 1 amide bonds. The molecule has 0 heterocycles. The van der Waals surface area contributed by atoms with E-state index in [-0.39, 0.29) is 6.54 Å². The molecular formula is C16H22FNO2. The molecule has 0 spiro atoms. The molecule has 0 aliphatic carbocycles. The molecule has 20 heavy (non-hydrogen) atoms. The molecule has 0 rings (SSSR count). The lowest BCUT2D eigenvalue weighted by Gasteiger charge is -2.19. The number of hydrogen-bond donors (Lipinski definition) is 1. The van der Waals surface area contributed by atoms with Gasteiger partial charge in [0.1, 0.15) is 11.4 Å². The molecule has 0 fully saturated rings. The van der Waals surface area contributed by atoms with Crippen LogP contribution in [0.2, 0.25) is 0 Å². The van der Waals surface area contributed by atoms with Crippen molar-refractivity contribution < 1.29 is 13.9 Å². The van der Waals surface area contributed by atoms with Crippen LogP contribution in [0.4, 0.5) is 9.18 Å². The third kappa shape index (κ3) is 8.98. The van der Waals surface area contributed by atoms with Crippen LogP contribution in [-0.4, -0.2) is 18.2 Å². The Labute approximate surface area is 120 Å². The maximum atomic E-state index is 12.7. The average Bonchev–Trinajstić information content (AvgIpc) is 2.25. The Kier molecular flexibility index (Phi) is 7.38. The largest absolute Gasteiger partial charge is 0.444 e. The Morgan fingerprint density at radius 3 is 2.50 bits per heavy atom. The zero-order chi connectivity index (χ0) is 15.8. The standard InChI is InChI=1S/C16H22FNO2/c1-7-14(12(2)11-13(3)17)9-8-10-18-15(19)20-16(4,5)6/h7,11H,3,10H2,1-2,4-6H3,(H,18,19)/b12-11-,14-7-. The van der Waals surface area contributed by atoms with Gasteiger partial charge < -0.3 is 10.1 Å². The van der Waals surface area contributed by atoms with Crippen LogP contribution < -0.4 is 5.32 Å². The number of rotatable bonds is 3. The van der Waals surface area contributed by atoms with Crippen molar-refractivity contribution in [2.45, 2.75) is 40.2 Å². The SMILES string of the molecule is C=C(F)/C=C(C)\C(C#CCNC(=O)OC(C)(C)C)=C/C. The summed E-state index contributed by atoms with van der Waals surface area (Å²) in [7, 11) is 0. The van der Waals surface area contributed by atoms with Gasteiger partial charge in [0.05, 0.1) is 6.54 Å². The maximum absolute atomic E-state index is 12.7. The van der Waals surface area contributed by atoms with Crippen molar-refractivity contribution in [3.05, 3.63) is 35.7 Å². The second kappa shape index (κ2) is 8.21. The molecule has 0 aromatic heterocycles. The molecule has 110 valence electrons. The van der Waals surface area contributed by atoms with Gasteiger partial charge in [-0.1, -0.05) is 24.5 Å². The quantitative estimate of drug-likeness (QED) is 0.628. The molecule has 0 bridgehead atoms. The molecule has 0 aliphatic rings. The Balaban J connectivity index is 4.46. The average molecular weight is 279 g/mol. The van der Waals surface area contributed by atoms with Gasteiger partial charge in [-0.15, -0.1) is 0 Å². The molecular weight excluding hydrogens is 257 g/mol. The van der Waals surface area contributed by atoms with Crippen molar-refractivity contribution in [1.82, 2.24) is 5.32 Å². The van der Waals surface area contributed by atoms with Crippen molar-refractivity contribution in [3.63, 3.8) is 0 Å². The van der Waals surface area contributed by atoms with Gasteiger partial charge in [0.15, 0.2) is 0 Å². The molecule has 0 unspecified atom stereocenters. The van der Waals surface area contributed by atoms with E-state index in [1.165, 1.54) is 6.08 Å². The highest BCUT2D eigenvalue weighted by atomic mass is 19.1. The molecule has 0 saturated carbocycles. The summed E-state index contributed by atoms with van der Waals surface area (Å²) in [5, 5.41) is 2.53. The van der Waals surface area contributed by atoms with Crippen molar-refractivity contribution in [2.75, 3.05) is 6.54 Å². The lowest BCUT2D eigenvalue weighted by Crippen LogP contribution is -2.32. The molecule has 0 aromatic rings. The second-order valence-corrected chi connectivity index (χ2v) is 5.13. The molecule has 0 radical (unpaired) electrons. The van der Waals surface area contributed by atoms with E-state index in [2.05, 4.69) is 23.7 Å². The Bertz CT molecular complexity index is 485. The summed E-state index contributed by atoms with van der Waals surface area (Å²) < 4.78 is 17.7. The lowest BCUT2D eigenvalue weighted by atomic mass is 10.1. The Morgan fingerprint density at radius 2 is 2.05 bits per heavy atom. The van der Waals surface area contributed by atoms with Gasteiger partial charge in [0, 0.05) is 5.57 Å². The van der Waals surface area contributed by atoms with E-state index in [0.717, 1.165) is 0 Å². The summed E-state index contributed by atoms with van der Waals surface area (Å²) in [4.78, 5) is 11.4. The van der Waals surface area contributed by atoms with Crippen LogP contribution in [0.5, 0.6) is 0 Å². The fourth-order valence-electron chi connectivity index (χ4n) is 1.28. The maximum Gasteiger partial charge on any atom is 0.408 e. The zero-order valence-corrected chi connectivity index (χ0v) is 12.8. The highest BCUT2D eigenvalue weighted by Crippen LogP contribution is 2.11. The minimum absolute atomic E-state index is 0.163. The fraction of sp³-hybridized carbons (Fsp3) is 0.438. The summed E-state index contributed by atoms with van der Waals surface area (Å²) in [6.45, 7) is 12.2. The number of nitrogens with one attached hydrogen (secondary N) is 1. The van der Waals surface area contributed by atoms with E-state index >= 15 is 0 Å². The predicted octanol–water partition coefficient (Wildman–Crippen LogP) is 3.89. The predicted molar refractivity (Wildman–Crippen MR) is 79.8 cm³/mol. The lowest BCUT2D eigenvalue weighted by molar-refractivity contribution is 0.0535. The highest BCUT2D eigenvalue weighted by Gasteiger charge is 2.14. The Morgan fingerprint density at radius 1 is 1.45 bits per heavy atom. The zero-order valence-electron chi connectivity index (χ0n) is 12.8. The van der Waals surface area contributed by atoms with Crippen molar-refractivity contribution >= 4 is 6.09 Å². The minimum atomic E-state index is -0.535. The van der Waals surface area contributed by atoms with Crippen LogP contribution in [0.25, 0.3) is 0 Å². The normalized spacial score (nSPS) is 12.3. The fourth-order valence-corrected chi connectivity index (χ4v) is 1.28. The number of carbonyl (C=O) groups is 1. The molecule has 3 nitrogen and oxygen atoms in total. The van der Waals surface area contributed by atoms with E-state index in [1.54, 1.807) is 33.8 Å². The molecule has 0 aromatic carbocycles. The van der Waals surface area contributed by atoms with Crippen LogP contribution in [0.3, 0.4) is 0 Å². The van der Waals surface area contributed by atoms with E-state index < -0.39 is 17.5 Å². The van der Waals surface area contributed by atoms with Gasteiger partial charge in [-0.25, -0.2) is 9.18 Å². The minimum Gasteiger partial charge on any atom is -0.444 e. The summed E-state index contributed by atoms with van der Waals surface area (Å²) in [6.07, 6.45) is 2.57. The number of amides is 1. The molecule has 1 N–H and O–H groups in total. The topological polar surface area (TPSA) is 38.3 Å². The number of alkyl carbamates (subject to hydrolysis) is 1. The monoisotopic (exact) mass is 279 g/mol. The number of hydrogen-bond acceptors (Lipinski definition) is 2. The van der Waals surface area contributed by atoms with Gasteiger partial charge >= 0.3 is 6.09 Å². The second-order valence-electron chi connectivity index (χ2n) is 5.13. The van der Waals surface area contributed by atoms with Gasteiger partial charge in [0.2, 0.25) is 0 Å². The third-order valence-electron chi connectivity index (χ3n) is 2.03. The van der Waals surface area contributed by atoms with E-state index in [4.69, 9.17) is 4.74 Å². The van der Waals surface area contributed by atoms with Crippen LogP contribution in [0.15, 0.2) is 35.7 Å². The van der Waals surface area contributed by atoms with Gasteiger partial charge in [-0.3, -0.25) is 0 Å².